The van der Waals surface area contributed by atoms with Crippen LogP contribution in [0.15, 0.2) is 4.99 Å². The minimum absolute atomic E-state index is 0. The van der Waals surface area contributed by atoms with Gasteiger partial charge in [0, 0.05) is 25.1 Å². The van der Waals surface area contributed by atoms with Crippen molar-refractivity contribution in [2.45, 2.75) is 5.75 Å². The van der Waals surface area contributed by atoms with E-state index in [1.165, 1.54) is 11.3 Å². The summed E-state index contributed by atoms with van der Waals surface area (Å²) in [5, 5.41) is 20.6. The van der Waals surface area contributed by atoms with Gasteiger partial charge in [-0.2, -0.15) is 11.8 Å². The Balaban J connectivity index is 0. The quantitative estimate of drug-likeness (QED) is 0.272. The summed E-state index contributed by atoms with van der Waals surface area (Å²) in [6.07, 6.45) is 0. The lowest BCUT2D eigenvalue weighted by atomic mass is 10.7. The molecule has 0 saturated heterocycles. The number of rotatable bonds is 5. The summed E-state index contributed by atoms with van der Waals surface area (Å²) >= 11 is 3.11. The van der Waals surface area contributed by atoms with Gasteiger partial charge in [-0.15, -0.1) is 35.0 Å². The number of aliphatic imine (C=N–C) groups is 1. The van der Waals surface area contributed by atoms with Crippen LogP contribution in [-0.2, 0) is 5.75 Å². The SMILES string of the molecule is CN=C(NO)NCCSCc1nnc(N)s1.Cl.Cl. The maximum Gasteiger partial charge on any atom is 0.215 e. The Kier molecular flexibility index (Phi) is 12.8. The van der Waals surface area contributed by atoms with Gasteiger partial charge >= 0.3 is 0 Å². The average Bonchev–Trinajstić information content (AvgIpc) is 2.70. The summed E-state index contributed by atoms with van der Waals surface area (Å²) in [5.41, 5.74) is 7.41. The van der Waals surface area contributed by atoms with E-state index < -0.39 is 0 Å². The van der Waals surface area contributed by atoms with Crippen LogP contribution >= 0.6 is 47.9 Å². The lowest BCUT2D eigenvalue weighted by Gasteiger charge is -2.06. The van der Waals surface area contributed by atoms with E-state index in [1.807, 2.05) is 5.48 Å². The predicted molar refractivity (Wildman–Crippen MR) is 81.3 cm³/mol. The average molecular weight is 335 g/mol. The van der Waals surface area contributed by atoms with Gasteiger partial charge in [-0.1, -0.05) is 11.3 Å². The molecule has 0 atom stereocenters. The molecular weight excluding hydrogens is 319 g/mol. The van der Waals surface area contributed by atoms with Crippen LogP contribution in [0.4, 0.5) is 5.13 Å². The molecule has 7 nitrogen and oxygen atoms in total. The van der Waals surface area contributed by atoms with Crippen molar-refractivity contribution < 1.29 is 5.21 Å². The van der Waals surface area contributed by atoms with E-state index in [0.717, 1.165) is 16.5 Å². The standard InChI is InChI=1S/C7H14N6OS2.2ClH/c1-9-7(13-14)10-2-3-15-4-5-11-12-6(8)16-5;;/h14H,2-4H2,1H3,(H2,8,12)(H2,9,10,13);2*1H. The van der Waals surface area contributed by atoms with Crippen LogP contribution in [0.2, 0.25) is 0 Å². The first-order valence-corrected chi connectivity index (χ1v) is 6.49. The van der Waals surface area contributed by atoms with Crippen molar-refractivity contribution in [3.8, 4) is 0 Å². The van der Waals surface area contributed by atoms with Crippen LogP contribution in [0, 0.1) is 0 Å². The van der Waals surface area contributed by atoms with E-state index in [9.17, 15) is 0 Å². The molecule has 18 heavy (non-hydrogen) atoms. The molecular formula is C7H16Cl2N6OS2. The van der Waals surface area contributed by atoms with Crippen molar-refractivity contribution in [2.24, 2.45) is 4.99 Å². The van der Waals surface area contributed by atoms with Crippen molar-refractivity contribution in [1.82, 2.24) is 21.0 Å². The number of guanidine groups is 1. The van der Waals surface area contributed by atoms with Crippen molar-refractivity contribution in [1.29, 1.82) is 0 Å². The molecule has 106 valence electrons. The predicted octanol–water partition coefficient (Wildman–Crippen LogP) is 0.751. The minimum atomic E-state index is 0. The van der Waals surface area contributed by atoms with Crippen LogP contribution in [0.1, 0.15) is 5.01 Å². The Bertz CT molecular complexity index is 350. The second kappa shape index (κ2) is 11.6. The third kappa shape index (κ3) is 7.77. The number of anilines is 1. The summed E-state index contributed by atoms with van der Waals surface area (Å²) in [7, 11) is 1.59. The van der Waals surface area contributed by atoms with Gasteiger partial charge in [-0.3, -0.25) is 10.2 Å². The smallest absolute Gasteiger partial charge is 0.215 e. The second-order valence-electron chi connectivity index (χ2n) is 2.70. The summed E-state index contributed by atoms with van der Waals surface area (Å²) in [6, 6.07) is 0. The van der Waals surface area contributed by atoms with E-state index in [2.05, 4.69) is 20.5 Å². The Morgan fingerprint density at radius 2 is 2.22 bits per heavy atom. The monoisotopic (exact) mass is 334 g/mol. The topological polar surface area (TPSA) is 108 Å². The van der Waals surface area contributed by atoms with Gasteiger partial charge in [0.25, 0.3) is 0 Å². The number of aromatic nitrogens is 2. The Hall–Kier alpha value is -0.480. The van der Waals surface area contributed by atoms with Crippen LogP contribution < -0.4 is 16.5 Å². The Morgan fingerprint density at radius 1 is 1.50 bits per heavy atom. The molecule has 0 aromatic carbocycles. The summed E-state index contributed by atoms with van der Waals surface area (Å²) < 4.78 is 0. The summed E-state index contributed by atoms with van der Waals surface area (Å²) in [6.45, 7) is 0.708. The van der Waals surface area contributed by atoms with E-state index in [4.69, 9.17) is 10.9 Å². The Morgan fingerprint density at radius 3 is 2.72 bits per heavy atom. The van der Waals surface area contributed by atoms with Gasteiger partial charge in [0.05, 0.1) is 0 Å². The molecule has 0 amide bonds. The number of nitrogens with one attached hydrogen (secondary N) is 2. The van der Waals surface area contributed by atoms with Crippen molar-refractivity contribution in [2.75, 3.05) is 25.1 Å². The third-order valence-corrected chi connectivity index (χ3v) is 3.48. The van der Waals surface area contributed by atoms with Gasteiger partial charge in [0.2, 0.25) is 11.1 Å². The van der Waals surface area contributed by atoms with Gasteiger partial charge in [-0.25, -0.2) is 5.48 Å². The molecule has 0 bridgehead atoms. The van der Waals surface area contributed by atoms with Gasteiger partial charge < -0.3 is 11.1 Å². The van der Waals surface area contributed by atoms with Gasteiger partial charge in [0.15, 0.2) is 0 Å². The molecule has 0 spiro atoms. The summed E-state index contributed by atoms with van der Waals surface area (Å²) in [4.78, 5) is 3.76. The molecule has 0 aliphatic heterocycles. The van der Waals surface area contributed by atoms with Crippen molar-refractivity contribution >= 4 is 59.0 Å². The minimum Gasteiger partial charge on any atom is -0.374 e. The fourth-order valence-corrected chi connectivity index (χ4v) is 2.41. The van der Waals surface area contributed by atoms with Crippen LogP contribution in [0.5, 0.6) is 0 Å². The maximum atomic E-state index is 8.58. The number of nitrogens with two attached hydrogens (primary N) is 1. The first-order chi connectivity index (χ1) is 7.76. The lowest BCUT2D eigenvalue weighted by molar-refractivity contribution is 0.229. The lowest BCUT2D eigenvalue weighted by Crippen LogP contribution is -2.36. The second-order valence-corrected chi connectivity index (χ2v) is 4.90. The van der Waals surface area contributed by atoms with Crippen LogP contribution in [0.3, 0.4) is 0 Å². The molecule has 0 aliphatic rings. The molecule has 1 heterocycles. The first-order valence-electron chi connectivity index (χ1n) is 4.52. The molecule has 1 aromatic rings. The molecule has 11 heteroatoms. The number of hydrogen-bond donors (Lipinski definition) is 4. The highest BCUT2D eigenvalue weighted by Crippen LogP contribution is 2.17. The molecule has 0 aliphatic carbocycles. The zero-order chi connectivity index (χ0) is 11.8. The van der Waals surface area contributed by atoms with E-state index in [1.54, 1.807) is 18.8 Å². The normalized spacial score (nSPS) is 10.2. The van der Waals surface area contributed by atoms with Gasteiger partial charge in [-0.05, 0) is 0 Å². The highest BCUT2D eigenvalue weighted by atomic mass is 35.5. The number of nitrogen functional groups attached to an aromatic ring is 1. The number of thioether (sulfide) groups is 1. The molecule has 1 rings (SSSR count). The van der Waals surface area contributed by atoms with E-state index >= 15 is 0 Å². The largest absolute Gasteiger partial charge is 0.374 e. The molecule has 5 N–H and O–H groups in total. The Labute approximate surface area is 126 Å². The fraction of sp³-hybridized carbons (Fsp3) is 0.571. The van der Waals surface area contributed by atoms with Gasteiger partial charge in [0.1, 0.15) is 5.01 Å². The van der Waals surface area contributed by atoms with Crippen molar-refractivity contribution in [3.05, 3.63) is 5.01 Å². The number of hydroxylamine groups is 1. The van der Waals surface area contributed by atoms with Crippen molar-refractivity contribution in [3.63, 3.8) is 0 Å². The number of halogens is 2. The zero-order valence-corrected chi connectivity index (χ0v) is 12.9. The van der Waals surface area contributed by atoms with Crippen LogP contribution in [0.25, 0.3) is 0 Å². The highest BCUT2D eigenvalue weighted by Gasteiger charge is 2.00. The first kappa shape index (κ1) is 19.9. The molecule has 0 saturated carbocycles. The maximum absolute atomic E-state index is 8.58. The molecule has 1 aromatic heterocycles. The van der Waals surface area contributed by atoms with E-state index in [-0.39, 0.29) is 24.8 Å². The zero-order valence-electron chi connectivity index (χ0n) is 9.62. The molecule has 0 fully saturated rings. The summed E-state index contributed by atoms with van der Waals surface area (Å²) in [5.74, 6) is 2.03. The fourth-order valence-electron chi connectivity index (χ4n) is 0.895. The number of nitrogens with zero attached hydrogens (tertiary/aromatic N) is 3. The number of hydrogen-bond acceptors (Lipinski definition) is 7. The molecule has 0 unspecified atom stereocenters. The highest BCUT2D eigenvalue weighted by molar-refractivity contribution is 7.98. The van der Waals surface area contributed by atoms with Crippen LogP contribution in [-0.4, -0.2) is 40.7 Å². The molecule has 0 radical (unpaired) electrons. The third-order valence-electron chi connectivity index (χ3n) is 1.58. The van der Waals surface area contributed by atoms with E-state index in [0.29, 0.717) is 17.6 Å².